The summed E-state index contributed by atoms with van der Waals surface area (Å²) in [5.74, 6) is -286. The van der Waals surface area contributed by atoms with Gasteiger partial charge in [0.2, 0.25) is 0 Å². The third kappa shape index (κ3) is 8.93. The molecule has 0 aromatic rings. The van der Waals surface area contributed by atoms with E-state index in [0.717, 1.165) is 0 Å². The first-order valence-electron chi connectivity index (χ1n) is 18.1. The molecule has 529 valence electrons. The molecule has 0 aromatic carbocycles. The average Bonchev–Trinajstić information content (AvgIpc) is 3.29. The van der Waals surface area contributed by atoms with E-state index in [-0.39, 0.29) is 0 Å². The van der Waals surface area contributed by atoms with Crippen LogP contribution in [0.2, 0.25) is 0 Å². The van der Waals surface area contributed by atoms with Crippen LogP contribution in [-0.4, -0.2) is 166 Å². The molecule has 0 N–H and O–H groups in total. The second-order valence-electron chi connectivity index (χ2n) is 16.3. The Balaban J connectivity index is 8.35. The van der Waals surface area contributed by atoms with E-state index in [1.54, 1.807) is 0 Å². The topological polar surface area (TPSA) is 0 Å². The molecule has 0 heterocycles. The van der Waals surface area contributed by atoms with Gasteiger partial charge in [0.1, 0.15) is 0 Å². The lowest BCUT2D eigenvalue weighted by molar-refractivity contribution is -0.500. The van der Waals surface area contributed by atoms with E-state index in [0.29, 0.717) is 0 Å². The van der Waals surface area contributed by atoms with Gasteiger partial charge < -0.3 is 0 Å². The molecular formula is C29F59. The van der Waals surface area contributed by atoms with Crippen molar-refractivity contribution in [2.75, 3.05) is 0 Å². The van der Waals surface area contributed by atoms with Crippen LogP contribution in [0.1, 0.15) is 0 Å². The highest BCUT2D eigenvalue weighted by Crippen LogP contribution is 2.74. The Morgan fingerprint density at radius 1 is 0.102 bits per heavy atom. The Bertz CT molecular complexity index is 2500. The van der Waals surface area contributed by atoms with Crippen LogP contribution in [0.3, 0.4) is 0 Å². The van der Waals surface area contributed by atoms with Gasteiger partial charge in [-0.2, -0.15) is 259 Å². The second kappa shape index (κ2) is 19.9. The third-order valence-corrected chi connectivity index (χ3v) is 10.8. The standard InChI is InChI=1S/C29F59/c30-1(31)2(32,33)3(34,35)4(36,37)5(38,39)6(40,41)7(42,43)8(44,45)9(46,47)10(48,49)11(50,51)12(52,53)13(54,55)14(56,57)15(58,59)16(60,61)17(62,63)18(64,65)19(66,67)20(68,69)21(70,71)22(72,73)23(74,75)24(76,77)25(78,79)26(80,81)27(82,83)28(84,85)29(86,87)88. The molecule has 0 saturated carbocycles. The minimum atomic E-state index is -11.2. The molecule has 59 heteroatoms. The molecule has 0 spiro atoms. The Hall–Kier alpha value is -4.13. The Morgan fingerprint density at radius 3 is 0.239 bits per heavy atom. The van der Waals surface area contributed by atoms with Crippen molar-refractivity contribution in [1.29, 1.82) is 0 Å². The molecule has 0 unspecified atom stereocenters. The quantitative estimate of drug-likeness (QED) is 0.0719. The molecule has 0 aliphatic heterocycles. The van der Waals surface area contributed by atoms with Gasteiger partial charge in [-0.05, 0) is 0 Å². The van der Waals surface area contributed by atoms with Gasteiger partial charge in [0.25, 0.3) is 0 Å². The van der Waals surface area contributed by atoms with Gasteiger partial charge in [-0.25, -0.2) is 0 Å². The summed E-state index contributed by atoms with van der Waals surface area (Å²) in [6.45, 7) is 0. The van der Waals surface area contributed by atoms with Gasteiger partial charge in [-0.3, -0.25) is 0 Å². The van der Waals surface area contributed by atoms with Crippen molar-refractivity contribution in [3.8, 4) is 0 Å². The van der Waals surface area contributed by atoms with Crippen LogP contribution in [0.4, 0.5) is 259 Å². The van der Waals surface area contributed by atoms with Crippen molar-refractivity contribution in [2.24, 2.45) is 0 Å². The maximum Gasteiger partial charge on any atom is 0.460 e. The van der Waals surface area contributed by atoms with E-state index >= 15 is 0 Å². The fraction of sp³-hybridized carbons (Fsp3) is 0.966. The van der Waals surface area contributed by atoms with Crippen molar-refractivity contribution < 1.29 is 259 Å². The van der Waals surface area contributed by atoms with Crippen LogP contribution in [0, 0.1) is 6.43 Å². The van der Waals surface area contributed by atoms with Crippen molar-refractivity contribution in [2.45, 2.75) is 166 Å². The van der Waals surface area contributed by atoms with Crippen molar-refractivity contribution in [3.63, 3.8) is 0 Å². The lowest BCUT2D eigenvalue weighted by Gasteiger charge is -2.48. The monoisotopic (exact) mass is 1470 g/mol. The maximum absolute atomic E-state index is 14.2. The SMILES string of the molecule is F[C](F)C(F)(F)C(F)(F)C(F)(F)C(F)(F)C(F)(F)C(F)(F)C(F)(F)C(F)(F)C(F)(F)C(F)(F)C(F)(F)C(F)(F)C(F)(F)C(F)(F)C(F)(F)C(F)(F)C(F)(F)C(F)(F)C(F)(F)C(F)(F)C(F)(F)C(F)(F)C(F)(F)C(F)(F)C(F)(F)C(F)(F)C(F)(F)C(F)(F)F. The minimum Gasteiger partial charge on any atom is -0.192 e. The maximum atomic E-state index is 14.2. The van der Waals surface area contributed by atoms with Gasteiger partial charge >= 0.3 is 173 Å². The smallest absolute Gasteiger partial charge is 0.192 e. The first-order chi connectivity index (χ1) is 36.7. The number of halogens is 59. The highest BCUT2D eigenvalue weighted by atomic mass is 19.5. The molecule has 0 rings (SSSR count). The number of hydrogen-bond acceptors (Lipinski definition) is 0. The molecule has 0 nitrogen and oxygen atoms in total. The summed E-state index contributed by atoms with van der Waals surface area (Å²) in [6, 6.07) is 0. The zero-order chi connectivity index (χ0) is 73.6. The molecule has 0 fully saturated rings. The van der Waals surface area contributed by atoms with Crippen LogP contribution in [0.5, 0.6) is 0 Å². The first kappa shape index (κ1) is 83.9. The van der Waals surface area contributed by atoms with Crippen LogP contribution in [0.25, 0.3) is 0 Å². The molecule has 0 aromatic heterocycles. The van der Waals surface area contributed by atoms with Crippen LogP contribution >= 0.6 is 0 Å². The minimum absolute atomic E-state index is 5.84. The molecule has 0 atom stereocenters. The van der Waals surface area contributed by atoms with Crippen molar-refractivity contribution >= 4 is 0 Å². The zero-order valence-electron chi connectivity index (χ0n) is 36.8. The summed E-state index contributed by atoms with van der Waals surface area (Å²) in [5.41, 5.74) is 0. The molecule has 0 saturated heterocycles. The van der Waals surface area contributed by atoms with Gasteiger partial charge in [0, 0.05) is 0 Å². The van der Waals surface area contributed by atoms with Crippen LogP contribution in [-0.2, 0) is 0 Å². The Morgan fingerprint density at radius 2 is 0.170 bits per heavy atom. The molecule has 0 aliphatic rings. The Labute approximate surface area is 433 Å². The molecule has 0 bridgehead atoms. The second-order valence-corrected chi connectivity index (χ2v) is 16.3. The predicted molar refractivity (Wildman–Crippen MR) is 145 cm³/mol. The summed E-state index contributed by atoms with van der Waals surface area (Å²) in [7, 11) is 0. The van der Waals surface area contributed by atoms with Crippen molar-refractivity contribution in [1.82, 2.24) is 0 Å². The fourth-order valence-corrected chi connectivity index (χ4v) is 5.23. The molecule has 0 amide bonds. The highest BCUT2D eigenvalue weighted by molar-refractivity contribution is 5.26. The molecule has 88 heavy (non-hydrogen) atoms. The average molecular weight is 1470 g/mol. The van der Waals surface area contributed by atoms with E-state index < -0.39 is 173 Å². The van der Waals surface area contributed by atoms with E-state index in [1.165, 1.54) is 0 Å². The summed E-state index contributed by atoms with van der Waals surface area (Å²) in [4.78, 5) is 0. The summed E-state index contributed by atoms with van der Waals surface area (Å²) in [5, 5.41) is 0. The van der Waals surface area contributed by atoms with E-state index in [9.17, 15) is 259 Å². The number of hydrogen-bond donors (Lipinski definition) is 0. The summed E-state index contributed by atoms with van der Waals surface area (Å²) in [6.07, 6.45) is -14.5. The van der Waals surface area contributed by atoms with E-state index in [4.69, 9.17) is 0 Å². The molecule has 1 radical (unpaired) electrons. The fourth-order valence-electron chi connectivity index (χ4n) is 5.23. The van der Waals surface area contributed by atoms with Crippen LogP contribution in [0.15, 0.2) is 0 Å². The van der Waals surface area contributed by atoms with E-state index in [1.807, 2.05) is 0 Å². The summed E-state index contributed by atoms with van der Waals surface area (Å²) >= 11 is 0. The van der Waals surface area contributed by atoms with Gasteiger partial charge in [-0.15, -0.1) is 0 Å². The molecular weight excluding hydrogens is 1470 g/mol. The summed E-state index contributed by atoms with van der Waals surface area (Å²) < 4.78 is 809. The van der Waals surface area contributed by atoms with Crippen LogP contribution < -0.4 is 0 Å². The lowest BCUT2D eigenvalue weighted by Crippen LogP contribution is -2.81. The van der Waals surface area contributed by atoms with Gasteiger partial charge in [0.15, 0.2) is 0 Å². The van der Waals surface area contributed by atoms with Gasteiger partial charge in [-0.1, -0.05) is 0 Å². The third-order valence-electron chi connectivity index (χ3n) is 10.8. The van der Waals surface area contributed by atoms with E-state index in [2.05, 4.69) is 0 Å². The first-order valence-corrected chi connectivity index (χ1v) is 18.1. The zero-order valence-corrected chi connectivity index (χ0v) is 36.8. The van der Waals surface area contributed by atoms with Crippen molar-refractivity contribution in [3.05, 3.63) is 6.43 Å². The van der Waals surface area contributed by atoms with Gasteiger partial charge in [0.05, 0.1) is 0 Å². The highest BCUT2D eigenvalue weighted by Gasteiger charge is 3.06. The normalized spacial score (nSPS) is 17.6. The number of alkyl halides is 57. The largest absolute Gasteiger partial charge is 0.460 e. The predicted octanol–water partition coefficient (Wildman–Crippen LogP) is 19.1. The molecule has 0 aliphatic carbocycles. The Kier molecular flexibility index (Phi) is 19.0. The lowest BCUT2D eigenvalue weighted by atomic mass is 9.81. The number of rotatable bonds is 27.